The lowest BCUT2D eigenvalue weighted by Crippen LogP contribution is -2.41. The van der Waals surface area contributed by atoms with Crippen molar-refractivity contribution in [3.63, 3.8) is 0 Å². The van der Waals surface area contributed by atoms with Gasteiger partial charge in [0.25, 0.3) is 0 Å². The van der Waals surface area contributed by atoms with Crippen LogP contribution >= 0.6 is 0 Å². The second-order valence-corrected chi connectivity index (χ2v) is 11.4. The van der Waals surface area contributed by atoms with Gasteiger partial charge in [-0.05, 0) is 71.0 Å². The van der Waals surface area contributed by atoms with Crippen LogP contribution in [0.3, 0.4) is 0 Å². The van der Waals surface area contributed by atoms with E-state index in [4.69, 9.17) is 14.5 Å². The zero-order chi connectivity index (χ0) is 30.4. The van der Waals surface area contributed by atoms with E-state index in [-0.39, 0.29) is 19.1 Å². The van der Waals surface area contributed by atoms with Crippen molar-refractivity contribution in [2.24, 2.45) is 0 Å². The summed E-state index contributed by atoms with van der Waals surface area (Å²) in [6, 6.07) is 5.33. The van der Waals surface area contributed by atoms with Crippen LogP contribution in [0.25, 0.3) is 0 Å². The minimum atomic E-state index is -1.13. The van der Waals surface area contributed by atoms with E-state index in [1.807, 2.05) is 46.8 Å². The van der Waals surface area contributed by atoms with Gasteiger partial charge in [0.15, 0.2) is 0 Å². The first-order valence-electron chi connectivity index (χ1n) is 14.5. The van der Waals surface area contributed by atoms with Gasteiger partial charge in [-0.1, -0.05) is 13.0 Å². The summed E-state index contributed by atoms with van der Waals surface area (Å²) in [6.45, 7) is 9.07. The summed E-state index contributed by atoms with van der Waals surface area (Å²) in [5.41, 5.74) is 1.59. The molecule has 2 atom stereocenters. The van der Waals surface area contributed by atoms with Crippen LogP contribution in [0.4, 0.5) is 21.8 Å². The minimum Gasteiger partial charge on any atom is -0.458 e. The van der Waals surface area contributed by atoms with E-state index < -0.39 is 17.8 Å². The molecule has 0 aliphatic heterocycles. The summed E-state index contributed by atoms with van der Waals surface area (Å²) in [7, 11) is 7.17. The van der Waals surface area contributed by atoms with Gasteiger partial charge in [-0.3, -0.25) is 0 Å². The Morgan fingerprint density at radius 3 is 2.54 bits per heavy atom. The number of alkyl halides is 1. The SMILES string of the molecule is CCc1ccc(CCCCN(CCC(Nc2cc(N(C)C)ncn2)C(=O)OC(C)(C)C)CC(F)COC)nc1NC. The van der Waals surface area contributed by atoms with Crippen molar-refractivity contribution >= 4 is 23.4 Å². The van der Waals surface area contributed by atoms with Crippen molar-refractivity contribution in [2.45, 2.75) is 77.6 Å². The molecule has 2 unspecified atom stereocenters. The molecule has 2 N–H and O–H groups in total. The zero-order valence-electron chi connectivity index (χ0n) is 26.2. The Bertz CT molecular complexity index is 1060. The third kappa shape index (κ3) is 12.6. The maximum atomic E-state index is 14.6. The van der Waals surface area contributed by atoms with E-state index in [1.165, 1.54) is 19.0 Å². The Morgan fingerprint density at radius 1 is 1.15 bits per heavy atom. The van der Waals surface area contributed by atoms with Crippen molar-refractivity contribution in [1.29, 1.82) is 0 Å². The number of hydrogen-bond donors (Lipinski definition) is 2. The molecule has 0 spiro atoms. The number of carbonyl (C=O) groups is 1. The summed E-state index contributed by atoms with van der Waals surface area (Å²) in [6.07, 6.45) is 4.31. The molecule has 0 saturated heterocycles. The fraction of sp³-hybridized carbons (Fsp3) is 0.667. The number of carbonyl (C=O) groups excluding carboxylic acids is 1. The summed E-state index contributed by atoms with van der Waals surface area (Å²) in [5.74, 6) is 1.79. The molecule has 0 aromatic carbocycles. The molecule has 2 heterocycles. The third-order valence-electron chi connectivity index (χ3n) is 6.47. The van der Waals surface area contributed by atoms with Crippen LogP contribution in [-0.4, -0.2) is 98.1 Å². The summed E-state index contributed by atoms with van der Waals surface area (Å²) in [5, 5.41) is 6.41. The van der Waals surface area contributed by atoms with Crippen LogP contribution in [-0.2, 0) is 27.1 Å². The molecule has 0 amide bonds. The highest BCUT2D eigenvalue weighted by Crippen LogP contribution is 2.18. The second-order valence-electron chi connectivity index (χ2n) is 11.4. The molecule has 0 aliphatic rings. The van der Waals surface area contributed by atoms with Crippen LogP contribution < -0.4 is 15.5 Å². The van der Waals surface area contributed by atoms with E-state index in [9.17, 15) is 9.18 Å². The number of nitrogens with zero attached hydrogens (tertiary/aromatic N) is 5. The molecule has 0 radical (unpaired) electrons. The molecular formula is C30H50FN7O3. The number of rotatable bonds is 18. The Morgan fingerprint density at radius 2 is 1.90 bits per heavy atom. The number of anilines is 3. The Labute approximate surface area is 245 Å². The summed E-state index contributed by atoms with van der Waals surface area (Å²) < 4.78 is 25.4. The van der Waals surface area contributed by atoms with Crippen molar-refractivity contribution in [2.75, 3.05) is 70.0 Å². The summed E-state index contributed by atoms with van der Waals surface area (Å²) >= 11 is 0. The fourth-order valence-corrected chi connectivity index (χ4v) is 4.40. The Kier molecular flexibility index (Phi) is 14.2. The number of nitrogens with one attached hydrogen (secondary N) is 2. The van der Waals surface area contributed by atoms with Gasteiger partial charge in [0.1, 0.15) is 41.6 Å². The van der Waals surface area contributed by atoms with Crippen molar-refractivity contribution < 1.29 is 18.7 Å². The van der Waals surface area contributed by atoms with Crippen molar-refractivity contribution in [3.8, 4) is 0 Å². The molecule has 10 nitrogen and oxygen atoms in total. The molecule has 11 heteroatoms. The van der Waals surface area contributed by atoms with E-state index in [1.54, 1.807) is 6.07 Å². The number of hydrogen-bond acceptors (Lipinski definition) is 10. The minimum absolute atomic E-state index is 0.0268. The predicted molar refractivity (Wildman–Crippen MR) is 164 cm³/mol. The lowest BCUT2D eigenvalue weighted by Gasteiger charge is -2.28. The number of aromatic nitrogens is 3. The lowest BCUT2D eigenvalue weighted by atomic mass is 10.1. The topological polar surface area (TPSA) is 105 Å². The molecule has 0 aliphatic carbocycles. The number of unbranched alkanes of at least 4 members (excludes halogenated alkanes) is 1. The average Bonchev–Trinajstić information content (AvgIpc) is 2.92. The molecule has 0 saturated carbocycles. The molecule has 41 heavy (non-hydrogen) atoms. The monoisotopic (exact) mass is 575 g/mol. The van der Waals surface area contributed by atoms with Crippen molar-refractivity contribution in [3.05, 3.63) is 35.8 Å². The normalized spacial score (nSPS) is 13.1. The smallest absolute Gasteiger partial charge is 0.329 e. The van der Waals surface area contributed by atoms with Crippen LogP contribution in [0.2, 0.25) is 0 Å². The van der Waals surface area contributed by atoms with E-state index in [0.29, 0.717) is 31.1 Å². The lowest BCUT2D eigenvalue weighted by molar-refractivity contribution is -0.156. The molecule has 2 aromatic heterocycles. The van der Waals surface area contributed by atoms with Crippen molar-refractivity contribution in [1.82, 2.24) is 19.9 Å². The maximum absolute atomic E-state index is 14.6. The highest BCUT2D eigenvalue weighted by atomic mass is 19.1. The van der Waals surface area contributed by atoms with Gasteiger partial charge in [-0.25, -0.2) is 24.1 Å². The number of esters is 1. The number of aryl methyl sites for hydroxylation is 2. The predicted octanol–water partition coefficient (Wildman–Crippen LogP) is 4.36. The van der Waals surface area contributed by atoms with Crippen LogP contribution in [0.5, 0.6) is 0 Å². The van der Waals surface area contributed by atoms with Gasteiger partial charge >= 0.3 is 5.97 Å². The van der Waals surface area contributed by atoms with E-state index in [0.717, 1.165) is 37.2 Å². The van der Waals surface area contributed by atoms with Gasteiger partial charge in [0.2, 0.25) is 0 Å². The molecule has 230 valence electrons. The highest BCUT2D eigenvalue weighted by molar-refractivity contribution is 5.79. The Balaban J connectivity index is 2.08. The number of ether oxygens (including phenoxy) is 2. The first-order valence-corrected chi connectivity index (χ1v) is 14.5. The van der Waals surface area contributed by atoms with Gasteiger partial charge in [-0.2, -0.15) is 0 Å². The molecule has 0 fully saturated rings. The van der Waals surface area contributed by atoms with Crippen LogP contribution in [0.15, 0.2) is 24.5 Å². The number of halogens is 1. The fourth-order valence-electron chi connectivity index (χ4n) is 4.40. The van der Waals surface area contributed by atoms with Crippen LogP contribution in [0.1, 0.15) is 58.2 Å². The van der Waals surface area contributed by atoms with Gasteiger partial charge in [0.05, 0.1) is 6.61 Å². The molecule has 2 aromatic rings. The molecule has 2 rings (SSSR count). The highest BCUT2D eigenvalue weighted by Gasteiger charge is 2.27. The molecular weight excluding hydrogens is 525 g/mol. The van der Waals surface area contributed by atoms with Gasteiger partial charge in [-0.15, -0.1) is 0 Å². The maximum Gasteiger partial charge on any atom is 0.329 e. The quantitative estimate of drug-likeness (QED) is 0.197. The standard InChI is InChI=1S/C30H50FN7O3/c1-9-22-13-14-24(35-28(22)32-5)12-10-11-16-38(19-23(31)20-40-8)17-15-25(29(39)41-30(2,3)4)36-26-18-27(37(6)7)34-21-33-26/h13-14,18,21,23,25H,9-12,15-17,19-20H2,1-8H3,(H,32,35)(H,33,34,36). The number of methoxy groups -OCH3 is 1. The van der Waals surface area contributed by atoms with Crippen LogP contribution in [0, 0.1) is 0 Å². The first kappa shape index (κ1) is 34.2. The second kappa shape index (κ2) is 17.0. The first-order chi connectivity index (χ1) is 19.4. The van der Waals surface area contributed by atoms with E-state index >= 15 is 0 Å². The largest absolute Gasteiger partial charge is 0.458 e. The average molecular weight is 576 g/mol. The Hall–Kier alpha value is -3.05. The summed E-state index contributed by atoms with van der Waals surface area (Å²) in [4.78, 5) is 30.4. The third-order valence-corrected chi connectivity index (χ3v) is 6.47. The van der Waals surface area contributed by atoms with E-state index in [2.05, 4.69) is 44.6 Å². The van der Waals surface area contributed by atoms with Gasteiger partial charge in [0, 0.05) is 53.1 Å². The number of pyridine rings is 1. The zero-order valence-corrected chi connectivity index (χ0v) is 26.2. The molecule has 0 bridgehead atoms. The van der Waals surface area contributed by atoms with Gasteiger partial charge < -0.3 is 29.9 Å².